The summed E-state index contributed by atoms with van der Waals surface area (Å²) in [6, 6.07) is 2.46. The van der Waals surface area contributed by atoms with Crippen LogP contribution in [0.15, 0.2) is 26.9 Å². The van der Waals surface area contributed by atoms with Gasteiger partial charge in [0.25, 0.3) is 5.91 Å². The van der Waals surface area contributed by atoms with Gasteiger partial charge in [0.2, 0.25) is 0 Å². The van der Waals surface area contributed by atoms with Gasteiger partial charge in [-0.1, -0.05) is 0 Å². The summed E-state index contributed by atoms with van der Waals surface area (Å²) in [4.78, 5) is 34.2. The first-order chi connectivity index (χ1) is 8.47. The highest BCUT2D eigenvalue weighted by atomic mass is 79.9. The Kier molecular flexibility index (Phi) is 3.19. The summed E-state index contributed by atoms with van der Waals surface area (Å²) in [7, 11) is 0. The van der Waals surface area contributed by atoms with Gasteiger partial charge in [-0.15, -0.1) is 0 Å². The molecule has 2 rings (SSSR count). The van der Waals surface area contributed by atoms with E-state index in [-0.39, 0.29) is 5.70 Å². The fraction of sp³-hybridized carbons (Fsp3) is 0.100. The van der Waals surface area contributed by atoms with E-state index in [1.54, 1.807) is 12.1 Å². The molecule has 0 aromatic carbocycles. The zero-order valence-corrected chi connectivity index (χ0v) is 10.4. The van der Waals surface area contributed by atoms with E-state index in [9.17, 15) is 14.4 Å². The first kappa shape index (κ1) is 12.4. The number of aliphatic carboxylic acids is 1. The van der Waals surface area contributed by atoms with Crippen molar-refractivity contribution in [1.29, 1.82) is 0 Å². The topological polar surface area (TPSA) is 99.8 Å². The smallest absolute Gasteiger partial charge is 0.329 e. The molecule has 1 aliphatic heterocycles. The van der Waals surface area contributed by atoms with Crippen molar-refractivity contribution in [2.45, 2.75) is 0 Å². The lowest BCUT2D eigenvalue weighted by Gasteiger charge is -2.06. The van der Waals surface area contributed by atoms with Crippen LogP contribution in [0.3, 0.4) is 0 Å². The maximum Gasteiger partial charge on any atom is 0.329 e. The molecule has 1 saturated heterocycles. The van der Waals surface area contributed by atoms with Crippen LogP contribution in [0.25, 0.3) is 6.08 Å². The quantitative estimate of drug-likeness (QED) is 0.641. The van der Waals surface area contributed by atoms with Crippen LogP contribution >= 0.6 is 15.9 Å². The fourth-order valence-electron chi connectivity index (χ4n) is 1.40. The lowest BCUT2D eigenvalue weighted by Crippen LogP contribution is -2.35. The largest absolute Gasteiger partial charge is 0.480 e. The van der Waals surface area contributed by atoms with Crippen molar-refractivity contribution in [1.82, 2.24) is 10.2 Å². The monoisotopic (exact) mass is 314 g/mol. The first-order valence-electron chi connectivity index (χ1n) is 4.79. The Morgan fingerprint density at radius 3 is 2.78 bits per heavy atom. The van der Waals surface area contributed by atoms with Crippen LogP contribution in [-0.2, 0) is 9.59 Å². The summed E-state index contributed by atoms with van der Waals surface area (Å²) in [5.41, 5.74) is -0.0249. The molecule has 3 amide bonds. The molecule has 1 aliphatic rings. The lowest BCUT2D eigenvalue weighted by molar-refractivity contribution is -0.140. The predicted molar refractivity (Wildman–Crippen MR) is 62.3 cm³/mol. The van der Waals surface area contributed by atoms with Crippen LogP contribution in [0.4, 0.5) is 4.79 Å². The molecule has 1 aromatic heterocycles. The molecule has 0 saturated carbocycles. The molecule has 8 heteroatoms. The minimum absolute atomic E-state index is 0.0249. The van der Waals surface area contributed by atoms with Crippen LogP contribution in [0, 0.1) is 0 Å². The van der Waals surface area contributed by atoms with Crippen LogP contribution in [0.1, 0.15) is 5.76 Å². The van der Waals surface area contributed by atoms with Crippen molar-refractivity contribution in [3.63, 3.8) is 0 Å². The van der Waals surface area contributed by atoms with Gasteiger partial charge in [-0.05, 0) is 28.1 Å². The number of urea groups is 1. The van der Waals surface area contributed by atoms with Crippen molar-refractivity contribution in [3.8, 4) is 0 Å². The van der Waals surface area contributed by atoms with Crippen molar-refractivity contribution in [3.05, 3.63) is 28.3 Å². The van der Waals surface area contributed by atoms with E-state index in [0.717, 1.165) is 0 Å². The number of imide groups is 1. The highest BCUT2D eigenvalue weighted by molar-refractivity contribution is 9.10. The van der Waals surface area contributed by atoms with E-state index in [2.05, 4.69) is 21.2 Å². The lowest BCUT2D eigenvalue weighted by atomic mass is 10.3. The predicted octanol–water partition coefficient (Wildman–Crippen LogP) is 1.02. The second-order valence-corrected chi connectivity index (χ2v) is 4.20. The third-order valence-corrected chi connectivity index (χ3v) is 2.56. The zero-order valence-electron chi connectivity index (χ0n) is 8.84. The van der Waals surface area contributed by atoms with Gasteiger partial charge in [-0.2, -0.15) is 0 Å². The number of halogens is 1. The van der Waals surface area contributed by atoms with Gasteiger partial charge >= 0.3 is 12.0 Å². The second-order valence-electron chi connectivity index (χ2n) is 3.42. The number of amides is 3. The number of hydrogen-bond acceptors (Lipinski definition) is 4. The van der Waals surface area contributed by atoms with Crippen LogP contribution in [-0.4, -0.2) is 34.5 Å². The SMILES string of the molecule is O=C(O)CN1C(=O)N/C(=C/c2ccc(Br)o2)C1=O. The average Bonchev–Trinajstić information content (AvgIpc) is 2.78. The van der Waals surface area contributed by atoms with Gasteiger partial charge < -0.3 is 14.8 Å². The Bertz CT molecular complexity index is 562. The minimum Gasteiger partial charge on any atom is -0.480 e. The molecule has 0 aliphatic carbocycles. The van der Waals surface area contributed by atoms with Gasteiger partial charge in [0, 0.05) is 6.08 Å². The third kappa shape index (κ3) is 2.43. The summed E-state index contributed by atoms with van der Waals surface area (Å²) in [6.45, 7) is -0.677. The Balaban J connectivity index is 2.22. The van der Waals surface area contributed by atoms with Gasteiger partial charge in [-0.3, -0.25) is 9.59 Å². The molecular weight excluding hydrogens is 308 g/mol. The Morgan fingerprint density at radius 2 is 2.22 bits per heavy atom. The van der Waals surface area contributed by atoms with Crippen LogP contribution < -0.4 is 5.32 Å². The number of rotatable bonds is 3. The second kappa shape index (κ2) is 4.65. The van der Waals surface area contributed by atoms with Crippen LogP contribution in [0.2, 0.25) is 0 Å². The van der Waals surface area contributed by atoms with Crippen molar-refractivity contribution < 1.29 is 23.9 Å². The molecule has 0 spiro atoms. The van der Waals surface area contributed by atoms with Gasteiger partial charge in [0.15, 0.2) is 4.67 Å². The van der Waals surface area contributed by atoms with Gasteiger partial charge in [0.1, 0.15) is 18.0 Å². The maximum atomic E-state index is 11.7. The van der Waals surface area contributed by atoms with Crippen molar-refractivity contribution >= 4 is 39.9 Å². The zero-order chi connectivity index (χ0) is 13.3. The molecule has 94 valence electrons. The molecule has 0 unspecified atom stereocenters. The Labute approximate surface area is 109 Å². The molecule has 2 heterocycles. The van der Waals surface area contributed by atoms with Gasteiger partial charge in [0.05, 0.1) is 0 Å². The highest BCUT2D eigenvalue weighted by Crippen LogP contribution is 2.18. The third-order valence-electron chi connectivity index (χ3n) is 2.14. The number of carboxylic acids is 1. The molecule has 0 radical (unpaired) electrons. The number of furan rings is 1. The molecule has 18 heavy (non-hydrogen) atoms. The first-order valence-corrected chi connectivity index (χ1v) is 5.58. The van der Waals surface area contributed by atoms with E-state index in [4.69, 9.17) is 9.52 Å². The molecular formula is C10H7BrN2O5. The summed E-state index contributed by atoms with van der Waals surface area (Å²) >= 11 is 3.10. The van der Waals surface area contributed by atoms with Crippen molar-refractivity contribution in [2.75, 3.05) is 6.54 Å². The number of carbonyl (C=O) groups is 3. The van der Waals surface area contributed by atoms with Gasteiger partial charge in [-0.25, -0.2) is 9.69 Å². The van der Waals surface area contributed by atoms with E-state index in [1.807, 2.05) is 0 Å². The number of carboxylic acid groups (broad SMARTS) is 1. The molecule has 0 bridgehead atoms. The molecule has 1 aromatic rings. The Hall–Kier alpha value is -2.09. The fourth-order valence-corrected chi connectivity index (χ4v) is 1.72. The Morgan fingerprint density at radius 1 is 1.50 bits per heavy atom. The molecule has 0 atom stereocenters. The summed E-state index contributed by atoms with van der Waals surface area (Å²) in [5.74, 6) is -1.60. The highest BCUT2D eigenvalue weighted by Gasteiger charge is 2.35. The minimum atomic E-state index is -1.26. The molecule has 1 fully saturated rings. The van der Waals surface area contributed by atoms with Crippen LogP contribution in [0.5, 0.6) is 0 Å². The van der Waals surface area contributed by atoms with E-state index in [0.29, 0.717) is 15.3 Å². The summed E-state index contributed by atoms with van der Waals surface area (Å²) < 4.78 is 5.63. The normalized spacial score (nSPS) is 17.4. The van der Waals surface area contributed by atoms with E-state index >= 15 is 0 Å². The van der Waals surface area contributed by atoms with E-state index < -0.39 is 24.5 Å². The standard InChI is InChI=1S/C10H7BrN2O5/c11-7-2-1-5(18-7)3-6-9(16)13(4-8(14)15)10(17)12-6/h1-3H,4H2,(H,12,17)(H,14,15)/b6-3+. The van der Waals surface area contributed by atoms with E-state index in [1.165, 1.54) is 6.08 Å². The molecule has 7 nitrogen and oxygen atoms in total. The average molecular weight is 315 g/mol. The summed E-state index contributed by atoms with van der Waals surface area (Å²) in [6.07, 6.45) is 1.33. The number of nitrogens with one attached hydrogen (secondary N) is 1. The molecule has 2 N–H and O–H groups in total. The number of carbonyl (C=O) groups excluding carboxylic acids is 2. The summed E-state index contributed by atoms with van der Waals surface area (Å²) in [5, 5.41) is 10.8. The van der Waals surface area contributed by atoms with Crippen molar-refractivity contribution in [2.24, 2.45) is 0 Å². The number of nitrogens with zero attached hydrogens (tertiary/aromatic N) is 1. The maximum absolute atomic E-state index is 11.7. The number of hydrogen-bond donors (Lipinski definition) is 2.